The average Bonchev–Trinajstić information content (AvgIpc) is 3.06. The van der Waals surface area contributed by atoms with Crippen molar-refractivity contribution in [1.29, 1.82) is 0 Å². The maximum Gasteiger partial charge on any atom is 0.433 e. The van der Waals surface area contributed by atoms with Crippen LogP contribution in [0.3, 0.4) is 0 Å². The van der Waals surface area contributed by atoms with Gasteiger partial charge < -0.3 is 9.42 Å². The van der Waals surface area contributed by atoms with Gasteiger partial charge >= 0.3 is 6.18 Å². The number of rotatable bonds is 2. The smallest absolute Gasteiger partial charge is 0.361 e. The molecule has 0 unspecified atom stereocenters. The molecular weight excluding hydrogens is 285 g/mol. The molecule has 3 rings (SSSR count). The summed E-state index contributed by atoms with van der Waals surface area (Å²) >= 11 is 0. The van der Waals surface area contributed by atoms with E-state index in [2.05, 4.69) is 15.1 Å². The predicted molar refractivity (Wildman–Crippen MR) is 67.6 cm³/mol. The molecule has 1 atom stereocenters. The van der Waals surface area contributed by atoms with Gasteiger partial charge in [-0.05, 0) is 25.8 Å². The standard InChI is InChI=1S/C13H13F3N4O/c1-8-7-9(19-21-8)10-3-2-6-20(10)12-17-5-4-11(18-12)13(14,15)16/h4-5,7,10H,2-3,6H2,1H3/t10-/m1/s1. The highest BCUT2D eigenvalue weighted by Gasteiger charge is 2.35. The molecule has 2 aromatic heterocycles. The van der Waals surface area contributed by atoms with E-state index in [0.29, 0.717) is 18.0 Å². The van der Waals surface area contributed by atoms with E-state index in [0.717, 1.165) is 25.1 Å². The summed E-state index contributed by atoms with van der Waals surface area (Å²) in [6.07, 6.45) is -1.71. The van der Waals surface area contributed by atoms with Crippen molar-refractivity contribution >= 4 is 5.95 Å². The summed E-state index contributed by atoms with van der Waals surface area (Å²) in [5.74, 6) is 0.745. The van der Waals surface area contributed by atoms with Crippen LogP contribution < -0.4 is 4.90 Å². The van der Waals surface area contributed by atoms with Crippen molar-refractivity contribution in [1.82, 2.24) is 15.1 Å². The van der Waals surface area contributed by atoms with E-state index in [1.165, 1.54) is 0 Å². The monoisotopic (exact) mass is 298 g/mol. The highest BCUT2D eigenvalue weighted by Crippen LogP contribution is 2.35. The Hall–Kier alpha value is -2.12. The molecule has 0 amide bonds. The molecule has 21 heavy (non-hydrogen) atoms. The van der Waals surface area contributed by atoms with E-state index in [-0.39, 0.29) is 12.0 Å². The average molecular weight is 298 g/mol. The van der Waals surface area contributed by atoms with Gasteiger partial charge in [-0.3, -0.25) is 0 Å². The second-order valence-corrected chi connectivity index (χ2v) is 4.95. The third kappa shape index (κ3) is 2.70. The summed E-state index contributed by atoms with van der Waals surface area (Å²) in [7, 11) is 0. The van der Waals surface area contributed by atoms with Crippen LogP contribution in [0.5, 0.6) is 0 Å². The lowest BCUT2D eigenvalue weighted by Crippen LogP contribution is -2.26. The van der Waals surface area contributed by atoms with Gasteiger partial charge in [0, 0.05) is 18.8 Å². The van der Waals surface area contributed by atoms with Crippen LogP contribution in [0.4, 0.5) is 19.1 Å². The van der Waals surface area contributed by atoms with Crippen LogP contribution in [-0.4, -0.2) is 21.7 Å². The molecule has 2 aromatic rings. The van der Waals surface area contributed by atoms with Crippen LogP contribution in [-0.2, 0) is 6.18 Å². The lowest BCUT2D eigenvalue weighted by Gasteiger charge is -2.23. The molecule has 0 spiro atoms. The van der Waals surface area contributed by atoms with E-state index in [1.807, 2.05) is 0 Å². The Morgan fingerprint density at radius 2 is 2.19 bits per heavy atom. The van der Waals surface area contributed by atoms with Gasteiger partial charge in [-0.2, -0.15) is 13.2 Å². The molecule has 112 valence electrons. The second-order valence-electron chi connectivity index (χ2n) is 4.95. The minimum atomic E-state index is -4.47. The SMILES string of the molecule is Cc1cc([C@H]2CCCN2c2nccc(C(F)(F)F)n2)no1. The summed E-state index contributed by atoms with van der Waals surface area (Å²) < 4.78 is 43.3. The van der Waals surface area contributed by atoms with Gasteiger partial charge in [0.2, 0.25) is 5.95 Å². The first kappa shape index (κ1) is 13.8. The minimum absolute atomic E-state index is 0.0768. The third-order valence-corrected chi connectivity index (χ3v) is 3.43. The topological polar surface area (TPSA) is 55.1 Å². The van der Waals surface area contributed by atoms with Gasteiger partial charge in [0.1, 0.15) is 17.1 Å². The van der Waals surface area contributed by atoms with Crippen LogP contribution in [0.25, 0.3) is 0 Å². The molecule has 1 saturated heterocycles. The Morgan fingerprint density at radius 3 is 2.86 bits per heavy atom. The predicted octanol–water partition coefficient (Wildman–Crippen LogP) is 3.13. The molecule has 1 aliphatic heterocycles. The molecular formula is C13H13F3N4O. The number of halogens is 3. The molecule has 1 aliphatic rings. The van der Waals surface area contributed by atoms with E-state index < -0.39 is 11.9 Å². The molecule has 3 heterocycles. The Balaban J connectivity index is 1.92. The molecule has 0 aromatic carbocycles. The van der Waals surface area contributed by atoms with Crippen molar-refractivity contribution in [3.8, 4) is 0 Å². The zero-order chi connectivity index (χ0) is 15.0. The summed E-state index contributed by atoms with van der Waals surface area (Å²) in [6.45, 7) is 2.37. The third-order valence-electron chi connectivity index (χ3n) is 3.43. The maximum absolute atomic E-state index is 12.7. The minimum Gasteiger partial charge on any atom is -0.361 e. The Bertz CT molecular complexity index is 640. The van der Waals surface area contributed by atoms with E-state index in [1.54, 1.807) is 17.9 Å². The molecule has 1 fully saturated rings. The lowest BCUT2D eigenvalue weighted by molar-refractivity contribution is -0.141. The van der Waals surface area contributed by atoms with Gasteiger partial charge in [0.05, 0.1) is 6.04 Å². The van der Waals surface area contributed by atoms with Crippen molar-refractivity contribution in [3.05, 3.63) is 35.5 Å². The number of hydrogen-bond acceptors (Lipinski definition) is 5. The Morgan fingerprint density at radius 1 is 1.38 bits per heavy atom. The van der Waals surface area contributed by atoms with Crippen molar-refractivity contribution in [2.24, 2.45) is 0 Å². The Kier molecular flexibility index (Phi) is 3.30. The summed E-state index contributed by atoms with van der Waals surface area (Å²) in [4.78, 5) is 9.36. The Labute approximate surface area is 118 Å². The van der Waals surface area contributed by atoms with Gasteiger partial charge in [-0.25, -0.2) is 9.97 Å². The van der Waals surface area contributed by atoms with Crippen molar-refractivity contribution in [2.75, 3.05) is 11.4 Å². The van der Waals surface area contributed by atoms with Crippen molar-refractivity contribution < 1.29 is 17.7 Å². The van der Waals surface area contributed by atoms with E-state index >= 15 is 0 Å². The first-order chi connectivity index (χ1) is 9.95. The molecule has 8 heteroatoms. The van der Waals surface area contributed by atoms with Gasteiger partial charge in [-0.15, -0.1) is 0 Å². The fourth-order valence-corrected chi connectivity index (χ4v) is 2.50. The number of nitrogens with zero attached hydrogens (tertiary/aromatic N) is 4. The molecule has 0 N–H and O–H groups in total. The van der Waals surface area contributed by atoms with E-state index in [9.17, 15) is 13.2 Å². The zero-order valence-corrected chi connectivity index (χ0v) is 11.3. The van der Waals surface area contributed by atoms with E-state index in [4.69, 9.17) is 4.52 Å². The van der Waals surface area contributed by atoms with Gasteiger partial charge in [0.25, 0.3) is 0 Å². The zero-order valence-electron chi connectivity index (χ0n) is 11.3. The van der Waals surface area contributed by atoms with Crippen molar-refractivity contribution in [3.63, 3.8) is 0 Å². The first-order valence-corrected chi connectivity index (χ1v) is 6.55. The quantitative estimate of drug-likeness (QED) is 0.852. The fraction of sp³-hybridized carbons (Fsp3) is 0.462. The first-order valence-electron chi connectivity index (χ1n) is 6.55. The largest absolute Gasteiger partial charge is 0.433 e. The molecule has 0 aliphatic carbocycles. The van der Waals surface area contributed by atoms with Gasteiger partial charge in [0.15, 0.2) is 0 Å². The number of alkyl halides is 3. The summed E-state index contributed by atoms with van der Waals surface area (Å²) in [5, 5.41) is 3.95. The molecule has 0 saturated carbocycles. The highest BCUT2D eigenvalue weighted by atomic mass is 19.4. The van der Waals surface area contributed by atoms with Crippen LogP contribution in [0.1, 0.15) is 36.0 Å². The van der Waals surface area contributed by atoms with Crippen LogP contribution in [0, 0.1) is 6.92 Å². The normalized spacial score (nSPS) is 19.2. The number of aryl methyl sites for hydroxylation is 1. The number of aromatic nitrogens is 3. The summed E-state index contributed by atoms with van der Waals surface area (Å²) in [6, 6.07) is 2.51. The van der Waals surface area contributed by atoms with Crippen LogP contribution >= 0.6 is 0 Å². The molecule has 0 bridgehead atoms. The van der Waals surface area contributed by atoms with Crippen LogP contribution in [0.15, 0.2) is 22.9 Å². The van der Waals surface area contributed by atoms with Gasteiger partial charge in [-0.1, -0.05) is 5.16 Å². The number of anilines is 1. The molecule has 5 nitrogen and oxygen atoms in total. The van der Waals surface area contributed by atoms with Crippen molar-refractivity contribution in [2.45, 2.75) is 32.0 Å². The molecule has 0 radical (unpaired) electrons. The number of hydrogen-bond donors (Lipinski definition) is 0. The maximum atomic E-state index is 12.7. The fourth-order valence-electron chi connectivity index (χ4n) is 2.50. The summed E-state index contributed by atoms with van der Waals surface area (Å²) in [5.41, 5.74) is -0.236. The second kappa shape index (κ2) is 5.01. The lowest BCUT2D eigenvalue weighted by atomic mass is 10.1. The van der Waals surface area contributed by atoms with Crippen LogP contribution in [0.2, 0.25) is 0 Å². The highest BCUT2D eigenvalue weighted by molar-refractivity contribution is 5.37.